The van der Waals surface area contributed by atoms with Gasteiger partial charge in [-0.1, -0.05) is 0 Å². The van der Waals surface area contributed by atoms with Crippen molar-refractivity contribution in [3.8, 4) is 0 Å². The standard InChI is InChI=1S/C7H7ClF6O3/c1-4(15)17-5(6(9,10)11,7(12,13)14)16-3-2-8/h2-3H2,1H3. The van der Waals surface area contributed by atoms with Gasteiger partial charge in [0.1, 0.15) is 0 Å². The molecular weight excluding hydrogens is 282 g/mol. The van der Waals surface area contributed by atoms with E-state index in [2.05, 4.69) is 9.47 Å². The predicted molar refractivity (Wildman–Crippen MR) is 43.3 cm³/mol. The lowest BCUT2D eigenvalue weighted by molar-refractivity contribution is -0.455. The largest absolute Gasteiger partial charge is 0.465 e. The van der Waals surface area contributed by atoms with E-state index in [4.69, 9.17) is 11.6 Å². The predicted octanol–water partition coefficient (Wildman–Crippen LogP) is 2.63. The molecule has 0 unspecified atom stereocenters. The van der Waals surface area contributed by atoms with E-state index in [1.807, 2.05) is 0 Å². The van der Waals surface area contributed by atoms with E-state index in [1.165, 1.54) is 0 Å². The molecule has 0 aromatic heterocycles. The molecule has 0 heterocycles. The summed E-state index contributed by atoms with van der Waals surface area (Å²) in [7, 11) is 0. The third kappa shape index (κ3) is 3.63. The first-order valence-electron chi connectivity index (χ1n) is 4.01. The van der Waals surface area contributed by atoms with Crippen LogP contribution in [-0.4, -0.2) is 36.6 Å². The van der Waals surface area contributed by atoms with Gasteiger partial charge in [-0.05, 0) is 0 Å². The van der Waals surface area contributed by atoms with Crippen molar-refractivity contribution in [2.75, 3.05) is 12.5 Å². The molecule has 0 N–H and O–H groups in total. The normalized spacial score (nSPS) is 13.6. The van der Waals surface area contributed by atoms with Crippen LogP contribution in [0.3, 0.4) is 0 Å². The topological polar surface area (TPSA) is 35.5 Å². The van der Waals surface area contributed by atoms with Crippen LogP contribution in [0.2, 0.25) is 0 Å². The maximum atomic E-state index is 12.4. The highest BCUT2D eigenvalue weighted by molar-refractivity contribution is 6.17. The summed E-state index contributed by atoms with van der Waals surface area (Å²) in [5.41, 5.74) is 0. The lowest BCUT2D eigenvalue weighted by atomic mass is 10.2. The van der Waals surface area contributed by atoms with Crippen molar-refractivity contribution in [3.63, 3.8) is 0 Å². The maximum absolute atomic E-state index is 12.4. The van der Waals surface area contributed by atoms with Crippen molar-refractivity contribution < 1.29 is 40.6 Å². The van der Waals surface area contributed by atoms with Gasteiger partial charge in [0.25, 0.3) is 0 Å². The fourth-order valence-electron chi connectivity index (χ4n) is 0.854. The second-order valence-corrected chi connectivity index (χ2v) is 3.12. The van der Waals surface area contributed by atoms with Crippen LogP contribution in [0.5, 0.6) is 0 Å². The number of hydrogen-bond acceptors (Lipinski definition) is 3. The molecule has 0 spiro atoms. The Balaban J connectivity index is 5.46. The van der Waals surface area contributed by atoms with Crippen molar-refractivity contribution in [1.29, 1.82) is 0 Å². The van der Waals surface area contributed by atoms with Crippen LogP contribution < -0.4 is 0 Å². The van der Waals surface area contributed by atoms with Crippen LogP contribution in [0.25, 0.3) is 0 Å². The summed E-state index contributed by atoms with van der Waals surface area (Å²) in [5, 5.41) is 0. The van der Waals surface area contributed by atoms with Gasteiger partial charge < -0.3 is 9.47 Å². The number of esters is 1. The monoisotopic (exact) mass is 288 g/mol. The van der Waals surface area contributed by atoms with Crippen molar-refractivity contribution in [2.45, 2.75) is 25.1 Å². The Morgan fingerprint density at radius 2 is 1.53 bits per heavy atom. The van der Waals surface area contributed by atoms with Crippen LogP contribution in [0.1, 0.15) is 6.92 Å². The Morgan fingerprint density at radius 1 is 1.12 bits per heavy atom. The molecule has 102 valence electrons. The van der Waals surface area contributed by atoms with Crippen LogP contribution in [0.15, 0.2) is 0 Å². The highest BCUT2D eigenvalue weighted by atomic mass is 35.5. The highest BCUT2D eigenvalue weighted by Gasteiger charge is 2.76. The van der Waals surface area contributed by atoms with E-state index in [0.29, 0.717) is 6.92 Å². The smallest absolute Gasteiger partial charge is 0.416 e. The average Bonchev–Trinajstić information content (AvgIpc) is 2.07. The number of carbonyl (C=O) groups excluding carboxylic acids is 1. The van der Waals surface area contributed by atoms with Crippen LogP contribution in [-0.2, 0) is 14.3 Å². The molecule has 0 aliphatic rings. The van der Waals surface area contributed by atoms with Crippen molar-refractivity contribution in [2.24, 2.45) is 0 Å². The number of alkyl halides is 7. The first-order chi connectivity index (χ1) is 7.48. The molecule has 0 atom stereocenters. The molecule has 17 heavy (non-hydrogen) atoms. The van der Waals surface area contributed by atoms with Gasteiger partial charge in [0.2, 0.25) is 0 Å². The van der Waals surface area contributed by atoms with E-state index in [-0.39, 0.29) is 0 Å². The molecule has 3 nitrogen and oxygen atoms in total. The summed E-state index contributed by atoms with van der Waals surface area (Å²) >= 11 is 4.94. The minimum absolute atomic E-state index is 0.399. The van der Waals surface area contributed by atoms with Crippen molar-refractivity contribution in [1.82, 2.24) is 0 Å². The lowest BCUT2D eigenvalue weighted by Gasteiger charge is -2.35. The number of rotatable bonds is 4. The fraction of sp³-hybridized carbons (Fsp3) is 0.857. The number of halogens is 7. The van der Waals surface area contributed by atoms with Crippen LogP contribution >= 0.6 is 11.6 Å². The Bertz CT molecular complexity index is 260. The molecule has 0 saturated carbocycles. The van der Waals surface area contributed by atoms with Crippen molar-refractivity contribution >= 4 is 17.6 Å². The summed E-state index contributed by atoms with van der Waals surface area (Å²) in [4.78, 5) is 10.4. The third-order valence-electron chi connectivity index (χ3n) is 1.42. The summed E-state index contributed by atoms with van der Waals surface area (Å²) in [6, 6.07) is 0. The van der Waals surface area contributed by atoms with Gasteiger partial charge in [0.05, 0.1) is 6.61 Å². The van der Waals surface area contributed by atoms with Gasteiger partial charge in [-0.25, -0.2) is 0 Å². The van der Waals surface area contributed by atoms with Crippen LogP contribution in [0.4, 0.5) is 26.3 Å². The van der Waals surface area contributed by atoms with E-state index in [9.17, 15) is 31.1 Å². The Hall–Kier alpha value is -0.700. The van der Waals surface area contributed by atoms with E-state index in [1.54, 1.807) is 0 Å². The van der Waals surface area contributed by atoms with Gasteiger partial charge in [-0.15, -0.1) is 11.6 Å². The molecule has 0 aliphatic carbocycles. The first kappa shape index (κ1) is 16.3. The van der Waals surface area contributed by atoms with Crippen LogP contribution in [0, 0.1) is 0 Å². The highest BCUT2D eigenvalue weighted by Crippen LogP contribution is 2.46. The van der Waals surface area contributed by atoms with E-state index in [0.717, 1.165) is 0 Å². The second-order valence-electron chi connectivity index (χ2n) is 2.74. The van der Waals surface area contributed by atoms with Gasteiger partial charge in [-0.2, -0.15) is 26.3 Å². The minimum Gasteiger partial charge on any atom is -0.416 e. The van der Waals surface area contributed by atoms with Gasteiger partial charge in [0.15, 0.2) is 0 Å². The first-order valence-corrected chi connectivity index (χ1v) is 4.54. The minimum atomic E-state index is -5.97. The molecule has 10 heteroatoms. The molecule has 0 bridgehead atoms. The second kappa shape index (κ2) is 5.30. The fourth-order valence-corrected chi connectivity index (χ4v) is 0.931. The molecule has 0 saturated heterocycles. The summed E-state index contributed by atoms with van der Waals surface area (Å²) in [6.45, 7) is -0.690. The Morgan fingerprint density at radius 3 is 1.76 bits per heavy atom. The van der Waals surface area contributed by atoms with Crippen molar-refractivity contribution in [3.05, 3.63) is 0 Å². The number of carbonyl (C=O) groups is 1. The summed E-state index contributed by atoms with van der Waals surface area (Å²) < 4.78 is 81.2. The van der Waals surface area contributed by atoms with E-state index < -0.39 is 36.6 Å². The molecule has 0 fully saturated rings. The molecule has 0 aromatic rings. The van der Waals surface area contributed by atoms with Gasteiger partial charge in [-0.3, -0.25) is 4.79 Å². The molecule has 0 amide bonds. The molecule has 0 radical (unpaired) electrons. The summed E-state index contributed by atoms with van der Waals surface area (Å²) in [6.07, 6.45) is -11.9. The zero-order chi connectivity index (χ0) is 13.9. The quantitative estimate of drug-likeness (QED) is 0.345. The zero-order valence-electron chi connectivity index (χ0n) is 8.28. The summed E-state index contributed by atoms with van der Waals surface area (Å²) in [5.74, 6) is -7.40. The maximum Gasteiger partial charge on any atom is 0.465 e. The van der Waals surface area contributed by atoms with Gasteiger partial charge >= 0.3 is 24.1 Å². The molecular formula is C7H7ClF6O3. The number of ether oxygens (including phenoxy) is 2. The molecule has 0 aromatic carbocycles. The SMILES string of the molecule is CC(=O)OC(OCCCl)(C(F)(F)F)C(F)(F)F. The lowest BCUT2D eigenvalue weighted by Crippen LogP contribution is -2.61. The number of hydrogen-bond donors (Lipinski definition) is 0. The molecule has 0 aliphatic heterocycles. The Kier molecular flexibility index (Phi) is 5.08. The molecule has 0 rings (SSSR count). The average molecular weight is 289 g/mol. The van der Waals surface area contributed by atoms with E-state index >= 15 is 0 Å². The third-order valence-corrected chi connectivity index (χ3v) is 1.57. The zero-order valence-corrected chi connectivity index (χ0v) is 9.04. The van der Waals surface area contributed by atoms with Gasteiger partial charge in [0, 0.05) is 12.8 Å². The Labute approximate surface area is 96.6 Å².